The van der Waals surface area contributed by atoms with Crippen LogP contribution in [0.5, 0.6) is 5.75 Å². The van der Waals surface area contributed by atoms with Crippen molar-refractivity contribution in [1.29, 1.82) is 0 Å². The molecule has 0 aliphatic rings. The van der Waals surface area contributed by atoms with Gasteiger partial charge in [0.05, 0.1) is 17.2 Å². The summed E-state index contributed by atoms with van der Waals surface area (Å²) < 4.78 is 7.29. The number of thioether (sulfide) groups is 1. The van der Waals surface area contributed by atoms with Crippen molar-refractivity contribution in [2.45, 2.75) is 37.0 Å². The maximum atomic E-state index is 12.2. The molecule has 0 unspecified atom stereocenters. The predicted molar refractivity (Wildman–Crippen MR) is 118 cm³/mol. The summed E-state index contributed by atoms with van der Waals surface area (Å²) in [6, 6.07) is 13.0. The molecule has 0 aliphatic heterocycles. The highest BCUT2D eigenvalue weighted by molar-refractivity contribution is 8.00. The first-order valence-corrected chi connectivity index (χ1v) is 10.4. The Balaban J connectivity index is 2.21. The number of ether oxygens (including phenoxy) is 1. The van der Waals surface area contributed by atoms with Gasteiger partial charge in [-0.25, -0.2) is 0 Å². The van der Waals surface area contributed by atoms with Crippen molar-refractivity contribution in [1.82, 2.24) is 4.57 Å². The second kappa shape index (κ2) is 8.56. The molecule has 0 aliphatic carbocycles. The number of fused-ring (bicyclic) bond motifs is 1. The van der Waals surface area contributed by atoms with E-state index >= 15 is 0 Å². The maximum absolute atomic E-state index is 12.2. The van der Waals surface area contributed by atoms with Gasteiger partial charge >= 0.3 is 0 Å². The molecular formula is C23H23ClNO3S-. The molecule has 0 N–H and O–H groups in total. The topological polar surface area (TPSA) is 54.3 Å². The highest BCUT2D eigenvalue weighted by Crippen LogP contribution is 2.42. The Kier molecular flexibility index (Phi) is 6.30. The van der Waals surface area contributed by atoms with Gasteiger partial charge in [-0.15, -0.1) is 11.8 Å². The third kappa shape index (κ3) is 4.98. The van der Waals surface area contributed by atoms with Gasteiger partial charge in [-0.05, 0) is 35.9 Å². The molecule has 0 saturated carbocycles. The van der Waals surface area contributed by atoms with Crippen LogP contribution in [0, 0.1) is 0 Å². The van der Waals surface area contributed by atoms with E-state index in [1.54, 1.807) is 22.8 Å². The number of carboxylic acids is 1. The largest absolute Gasteiger partial charge is 0.543 e. The van der Waals surface area contributed by atoms with Gasteiger partial charge in [0, 0.05) is 26.6 Å². The SMILES string of the molecule is C=CCOc1ccc2c(c1)c(SC(C)(C)C)c(C(=O)[O-])n2Cc1ccc(Cl)cc1. The zero-order chi connectivity index (χ0) is 21.2. The summed E-state index contributed by atoms with van der Waals surface area (Å²) in [5, 5.41) is 13.7. The number of carboxylic acid groups (broad SMARTS) is 1. The second-order valence-electron chi connectivity index (χ2n) is 7.67. The minimum absolute atomic E-state index is 0.177. The van der Waals surface area contributed by atoms with Gasteiger partial charge in [0.2, 0.25) is 0 Å². The van der Waals surface area contributed by atoms with Gasteiger partial charge in [-0.3, -0.25) is 0 Å². The molecule has 0 radical (unpaired) electrons. The van der Waals surface area contributed by atoms with Gasteiger partial charge in [-0.1, -0.05) is 57.2 Å². The van der Waals surface area contributed by atoms with Crippen LogP contribution < -0.4 is 9.84 Å². The predicted octanol–water partition coefficient (Wildman–Crippen LogP) is 5.16. The third-order valence-corrected chi connectivity index (χ3v) is 5.69. The Bertz CT molecular complexity index is 1050. The van der Waals surface area contributed by atoms with Crippen LogP contribution in [0.25, 0.3) is 10.9 Å². The van der Waals surface area contributed by atoms with Crippen molar-refractivity contribution in [2.24, 2.45) is 0 Å². The van der Waals surface area contributed by atoms with E-state index in [9.17, 15) is 9.90 Å². The molecule has 29 heavy (non-hydrogen) atoms. The van der Waals surface area contributed by atoms with E-state index in [0.717, 1.165) is 16.5 Å². The monoisotopic (exact) mass is 428 g/mol. The van der Waals surface area contributed by atoms with Gasteiger partial charge in [0.25, 0.3) is 0 Å². The molecular weight excluding hydrogens is 406 g/mol. The van der Waals surface area contributed by atoms with Crippen LogP contribution in [0.1, 0.15) is 36.8 Å². The van der Waals surface area contributed by atoms with Gasteiger partial charge in [-0.2, -0.15) is 0 Å². The zero-order valence-corrected chi connectivity index (χ0v) is 18.3. The maximum Gasteiger partial charge on any atom is 0.120 e. The van der Waals surface area contributed by atoms with Crippen molar-refractivity contribution < 1.29 is 14.6 Å². The number of hydrogen-bond donors (Lipinski definition) is 0. The minimum Gasteiger partial charge on any atom is -0.543 e. The van der Waals surface area contributed by atoms with E-state index in [-0.39, 0.29) is 10.4 Å². The lowest BCUT2D eigenvalue weighted by molar-refractivity contribution is -0.256. The average molecular weight is 429 g/mol. The van der Waals surface area contributed by atoms with E-state index in [4.69, 9.17) is 16.3 Å². The quantitative estimate of drug-likeness (QED) is 0.385. The van der Waals surface area contributed by atoms with Crippen molar-refractivity contribution in [3.05, 3.63) is 71.4 Å². The zero-order valence-electron chi connectivity index (χ0n) is 16.7. The lowest BCUT2D eigenvalue weighted by Gasteiger charge is -2.19. The Hall–Kier alpha value is -2.37. The fourth-order valence-corrected chi connectivity index (χ4v) is 4.40. The van der Waals surface area contributed by atoms with Crippen LogP contribution in [0.4, 0.5) is 0 Å². The van der Waals surface area contributed by atoms with E-state index in [0.29, 0.717) is 28.8 Å². The lowest BCUT2D eigenvalue weighted by atomic mass is 10.2. The standard InChI is InChI=1S/C23H24ClNO3S/c1-5-12-28-17-10-11-19-18(13-17)21(29-23(2,3)4)20(22(26)27)25(19)14-15-6-8-16(24)9-7-15/h5-11,13H,1,12,14H2,2-4H3,(H,26,27)/p-1. The first kappa shape index (κ1) is 21.3. The van der Waals surface area contributed by atoms with Gasteiger partial charge in [0.15, 0.2) is 0 Å². The molecule has 152 valence electrons. The molecule has 2 aromatic carbocycles. The summed E-state index contributed by atoms with van der Waals surface area (Å²) in [6.45, 7) is 10.6. The first-order valence-electron chi connectivity index (χ1n) is 9.24. The number of carbonyl (C=O) groups is 1. The van der Waals surface area contributed by atoms with Crippen LogP contribution in [0.3, 0.4) is 0 Å². The van der Waals surface area contributed by atoms with E-state index < -0.39 is 5.97 Å². The minimum atomic E-state index is -1.20. The summed E-state index contributed by atoms with van der Waals surface area (Å²) >= 11 is 7.51. The number of aromatic nitrogens is 1. The number of rotatable bonds is 7. The molecule has 1 aromatic heterocycles. The van der Waals surface area contributed by atoms with E-state index in [1.807, 2.05) is 30.3 Å². The van der Waals surface area contributed by atoms with Gasteiger partial charge < -0.3 is 19.2 Å². The van der Waals surface area contributed by atoms with Crippen molar-refractivity contribution in [3.63, 3.8) is 0 Å². The van der Waals surface area contributed by atoms with Crippen molar-refractivity contribution in [3.8, 4) is 5.75 Å². The summed E-state index contributed by atoms with van der Waals surface area (Å²) in [4.78, 5) is 12.9. The highest BCUT2D eigenvalue weighted by Gasteiger charge is 2.24. The number of hydrogen-bond acceptors (Lipinski definition) is 4. The molecule has 0 fully saturated rings. The van der Waals surface area contributed by atoms with Crippen LogP contribution in [0.15, 0.2) is 60.0 Å². The smallest absolute Gasteiger partial charge is 0.120 e. The van der Waals surface area contributed by atoms with Gasteiger partial charge in [0.1, 0.15) is 12.4 Å². The first-order chi connectivity index (χ1) is 13.7. The second-order valence-corrected chi connectivity index (χ2v) is 9.94. The molecule has 4 nitrogen and oxygen atoms in total. The fraction of sp³-hybridized carbons (Fsp3) is 0.261. The molecule has 0 spiro atoms. The van der Waals surface area contributed by atoms with Crippen LogP contribution in [-0.4, -0.2) is 21.9 Å². The van der Waals surface area contributed by atoms with E-state index in [2.05, 4.69) is 27.4 Å². The molecule has 3 aromatic rings. The number of benzene rings is 2. The Morgan fingerprint density at radius 1 is 1.24 bits per heavy atom. The number of nitrogens with zero attached hydrogens (tertiary/aromatic N) is 1. The lowest BCUT2D eigenvalue weighted by Crippen LogP contribution is -2.27. The molecule has 6 heteroatoms. The van der Waals surface area contributed by atoms with Crippen molar-refractivity contribution >= 4 is 40.2 Å². The number of aromatic carboxylic acids is 1. The summed E-state index contributed by atoms with van der Waals surface area (Å²) in [5.74, 6) is -0.530. The number of halogens is 1. The van der Waals surface area contributed by atoms with Crippen LogP contribution >= 0.6 is 23.4 Å². The van der Waals surface area contributed by atoms with E-state index in [1.165, 1.54) is 11.8 Å². The Morgan fingerprint density at radius 3 is 2.52 bits per heavy atom. The summed E-state index contributed by atoms with van der Waals surface area (Å²) in [5.41, 5.74) is 1.95. The molecule has 0 amide bonds. The van der Waals surface area contributed by atoms with Crippen LogP contribution in [0.2, 0.25) is 5.02 Å². The normalized spacial score (nSPS) is 11.6. The Labute approximate surface area is 180 Å². The highest BCUT2D eigenvalue weighted by atomic mass is 35.5. The molecule has 3 rings (SSSR count). The molecule has 0 bridgehead atoms. The van der Waals surface area contributed by atoms with Crippen LogP contribution in [-0.2, 0) is 6.54 Å². The summed E-state index contributed by atoms with van der Waals surface area (Å²) in [7, 11) is 0. The third-order valence-electron chi connectivity index (χ3n) is 4.21. The average Bonchev–Trinajstić information content (AvgIpc) is 2.93. The summed E-state index contributed by atoms with van der Waals surface area (Å²) in [6.07, 6.45) is 1.67. The van der Waals surface area contributed by atoms with Crippen molar-refractivity contribution in [2.75, 3.05) is 6.61 Å². The molecule has 1 heterocycles. The fourth-order valence-electron chi connectivity index (χ4n) is 3.10. The molecule has 0 saturated heterocycles. The Morgan fingerprint density at radius 2 is 1.93 bits per heavy atom. The molecule has 0 atom stereocenters. The number of carbonyl (C=O) groups excluding carboxylic acids is 1.